The molecule has 2 aromatic carbocycles. The zero-order valence-corrected chi connectivity index (χ0v) is 14.6. The lowest BCUT2D eigenvalue weighted by molar-refractivity contribution is 0.431. The van der Waals surface area contributed by atoms with E-state index in [2.05, 4.69) is 10.3 Å². The van der Waals surface area contributed by atoms with Gasteiger partial charge in [-0.25, -0.2) is 0 Å². The molecule has 0 radical (unpaired) electrons. The van der Waals surface area contributed by atoms with Crippen LogP contribution in [0.2, 0.25) is 0 Å². The van der Waals surface area contributed by atoms with Crippen molar-refractivity contribution in [1.82, 2.24) is 10.3 Å². The van der Waals surface area contributed by atoms with Gasteiger partial charge in [-0.3, -0.25) is 0 Å². The number of aryl methyl sites for hydroxylation is 2. The van der Waals surface area contributed by atoms with E-state index in [1.807, 2.05) is 74.5 Å². The normalized spacial score (nSPS) is 10.2. The van der Waals surface area contributed by atoms with Crippen molar-refractivity contribution in [3.05, 3.63) is 72.1 Å². The number of nitrogens with zero attached hydrogens (tertiary/aromatic N) is 2. The highest BCUT2D eigenvalue weighted by atomic mass is 16.5. The number of nitrogen functional groups attached to an aromatic ring is 2. The maximum Gasteiger partial charge on any atom is 0.230 e. The molecule has 26 heavy (non-hydrogen) atoms. The maximum absolute atomic E-state index is 5.64. The summed E-state index contributed by atoms with van der Waals surface area (Å²) in [5, 5.41) is 7.59. The van der Waals surface area contributed by atoms with Crippen molar-refractivity contribution < 1.29 is 9.05 Å². The summed E-state index contributed by atoms with van der Waals surface area (Å²) in [4.78, 5) is 0. The zero-order valence-electron chi connectivity index (χ0n) is 14.6. The van der Waals surface area contributed by atoms with E-state index in [4.69, 9.17) is 20.5 Å². The summed E-state index contributed by atoms with van der Waals surface area (Å²) in [6.07, 6.45) is 0. The molecule has 6 nitrogen and oxygen atoms in total. The minimum absolute atomic E-state index is 0.378. The van der Waals surface area contributed by atoms with E-state index in [1.165, 1.54) is 0 Å². The first kappa shape index (κ1) is 17.3. The highest BCUT2D eigenvalue weighted by Gasteiger charge is 2.11. The molecule has 4 aromatic rings. The van der Waals surface area contributed by atoms with Gasteiger partial charge in [0, 0.05) is 0 Å². The molecule has 132 valence electrons. The molecule has 2 heterocycles. The minimum Gasteiger partial charge on any atom is -0.367 e. The van der Waals surface area contributed by atoms with Gasteiger partial charge in [-0.2, -0.15) is 0 Å². The first-order valence-electron chi connectivity index (χ1n) is 8.12. The van der Waals surface area contributed by atoms with Gasteiger partial charge < -0.3 is 20.5 Å². The Labute approximate surface area is 151 Å². The molecule has 4 rings (SSSR count). The van der Waals surface area contributed by atoms with Gasteiger partial charge in [0.1, 0.15) is 0 Å². The predicted octanol–water partition coefficient (Wildman–Crippen LogP) is 4.46. The lowest BCUT2D eigenvalue weighted by Crippen LogP contribution is -1.85. The van der Waals surface area contributed by atoms with Gasteiger partial charge in [-0.15, -0.1) is 0 Å². The molecule has 0 saturated carbocycles. The maximum atomic E-state index is 5.64. The van der Waals surface area contributed by atoms with Crippen LogP contribution in [0.3, 0.4) is 0 Å². The number of rotatable bonds is 2. The Morgan fingerprint density at radius 2 is 0.962 bits per heavy atom. The van der Waals surface area contributed by atoms with Crippen molar-refractivity contribution in [2.75, 3.05) is 11.5 Å². The molecule has 0 fully saturated rings. The van der Waals surface area contributed by atoms with Gasteiger partial charge >= 0.3 is 0 Å². The molecular weight excluding hydrogens is 328 g/mol. The standard InChI is InChI=1S/2C10H10N2O/c2*1-7-9(10(11)13-12-7)8-5-3-2-4-6-8/h2*2-6H,11H2,1H3. The first-order chi connectivity index (χ1) is 12.6. The molecule has 0 bridgehead atoms. The largest absolute Gasteiger partial charge is 0.367 e. The van der Waals surface area contributed by atoms with Crippen molar-refractivity contribution in [3.63, 3.8) is 0 Å². The van der Waals surface area contributed by atoms with Crippen LogP contribution in [0.15, 0.2) is 69.7 Å². The van der Waals surface area contributed by atoms with Crippen LogP contribution < -0.4 is 11.5 Å². The van der Waals surface area contributed by atoms with Gasteiger partial charge in [0.25, 0.3) is 0 Å². The van der Waals surface area contributed by atoms with Crippen LogP contribution >= 0.6 is 0 Å². The molecular formula is C20H20N4O2. The quantitative estimate of drug-likeness (QED) is 0.554. The Balaban J connectivity index is 0.000000151. The van der Waals surface area contributed by atoms with Crippen LogP contribution in [-0.2, 0) is 0 Å². The monoisotopic (exact) mass is 348 g/mol. The fraction of sp³-hybridized carbons (Fsp3) is 0.100. The van der Waals surface area contributed by atoms with Crippen molar-refractivity contribution in [3.8, 4) is 22.3 Å². The van der Waals surface area contributed by atoms with Gasteiger partial charge in [0.05, 0.1) is 22.5 Å². The van der Waals surface area contributed by atoms with Crippen LogP contribution in [-0.4, -0.2) is 10.3 Å². The molecule has 0 spiro atoms. The summed E-state index contributed by atoms with van der Waals surface area (Å²) in [5.74, 6) is 0.757. The van der Waals surface area contributed by atoms with Crippen molar-refractivity contribution in [2.24, 2.45) is 0 Å². The lowest BCUT2D eigenvalue weighted by Gasteiger charge is -1.97. The summed E-state index contributed by atoms with van der Waals surface area (Å²) in [7, 11) is 0. The molecule has 0 aliphatic heterocycles. The summed E-state index contributed by atoms with van der Waals surface area (Å²) in [6.45, 7) is 3.75. The fourth-order valence-corrected chi connectivity index (χ4v) is 2.69. The van der Waals surface area contributed by atoms with E-state index >= 15 is 0 Å². The molecule has 0 aliphatic carbocycles. The van der Waals surface area contributed by atoms with E-state index in [9.17, 15) is 0 Å². The van der Waals surface area contributed by atoms with E-state index < -0.39 is 0 Å². The average Bonchev–Trinajstić information content (AvgIpc) is 3.18. The summed E-state index contributed by atoms with van der Waals surface area (Å²) in [6, 6.07) is 19.7. The zero-order chi connectivity index (χ0) is 18.5. The number of hydrogen-bond acceptors (Lipinski definition) is 6. The summed E-state index contributed by atoms with van der Waals surface area (Å²) >= 11 is 0. The van der Waals surface area contributed by atoms with E-state index in [1.54, 1.807) is 0 Å². The lowest BCUT2D eigenvalue weighted by atomic mass is 10.1. The fourth-order valence-electron chi connectivity index (χ4n) is 2.69. The van der Waals surface area contributed by atoms with Crippen LogP contribution in [0, 0.1) is 13.8 Å². The summed E-state index contributed by atoms with van der Waals surface area (Å²) in [5.41, 5.74) is 16.8. The summed E-state index contributed by atoms with van der Waals surface area (Å²) < 4.78 is 9.75. The average molecular weight is 348 g/mol. The van der Waals surface area contributed by atoms with Gasteiger partial charge in [-0.05, 0) is 25.0 Å². The topological polar surface area (TPSA) is 104 Å². The Morgan fingerprint density at radius 1 is 0.615 bits per heavy atom. The number of benzene rings is 2. The smallest absolute Gasteiger partial charge is 0.230 e. The van der Waals surface area contributed by atoms with E-state index in [0.29, 0.717) is 11.8 Å². The van der Waals surface area contributed by atoms with Gasteiger partial charge in [0.15, 0.2) is 0 Å². The molecule has 4 N–H and O–H groups in total. The Kier molecular flexibility index (Phi) is 5.03. The van der Waals surface area contributed by atoms with E-state index in [-0.39, 0.29) is 0 Å². The second-order valence-corrected chi connectivity index (χ2v) is 5.75. The van der Waals surface area contributed by atoms with Crippen molar-refractivity contribution in [1.29, 1.82) is 0 Å². The Bertz CT molecular complexity index is 855. The highest BCUT2D eigenvalue weighted by Crippen LogP contribution is 2.29. The second-order valence-electron chi connectivity index (χ2n) is 5.75. The molecule has 2 aromatic heterocycles. The molecule has 0 saturated heterocycles. The first-order valence-corrected chi connectivity index (χ1v) is 8.12. The number of aromatic nitrogens is 2. The second kappa shape index (κ2) is 7.57. The van der Waals surface area contributed by atoms with Gasteiger partial charge in [-0.1, -0.05) is 71.0 Å². The molecule has 0 aliphatic rings. The number of nitrogens with two attached hydrogens (primary N) is 2. The molecule has 6 heteroatoms. The van der Waals surface area contributed by atoms with Crippen molar-refractivity contribution >= 4 is 11.8 Å². The van der Waals surface area contributed by atoms with Crippen molar-refractivity contribution in [2.45, 2.75) is 13.8 Å². The predicted molar refractivity (Wildman–Crippen MR) is 102 cm³/mol. The van der Waals surface area contributed by atoms with E-state index in [0.717, 1.165) is 33.6 Å². The molecule has 0 unspecified atom stereocenters. The molecule has 0 atom stereocenters. The molecule has 0 amide bonds. The van der Waals surface area contributed by atoms with Crippen LogP contribution in [0.1, 0.15) is 11.4 Å². The van der Waals surface area contributed by atoms with Crippen LogP contribution in [0.5, 0.6) is 0 Å². The number of anilines is 2. The Hall–Kier alpha value is -3.54. The SMILES string of the molecule is Cc1noc(N)c1-c1ccccc1.Cc1noc(N)c1-c1ccccc1. The minimum atomic E-state index is 0.378. The van der Waals surface area contributed by atoms with Crippen LogP contribution in [0.4, 0.5) is 11.8 Å². The Morgan fingerprint density at radius 3 is 1.23 bits per heavy atom. The highest BCUT2D eigenvalue weighted by molar-refractivity contribution is 5.75. The third-order valence-corrected chi connectivity index (χ3v) is 3.90. The third-order valence-electron chi connectivity index (χ3n) is 3.90. The van der Waals surface area contributed by atoms with Gasteiger partial charge in [0.2, 0.25) is 11.8 Å². The number of hydrogen-bond donors (Lipinski definition) is 2. The third kappa shape index (κ3) is 3.59. The van der Waals surface area contributed by atoms with Crippen LogP contribution in [0.25, 0.3) is 22.3 Å².